The predicted octanol–water partition coefficient (Wildman–Crippen LogP) is 10.8. The average molecular weight is 590 g/mol. The van der Waals surface area contributed by atoms with E-state index in [-0.39, 0.29) is 5.92 Å². The van der Waals surface area contributed by atoms with Gasteiger partial charge < -0.3 is 9.13 Å². The van der Waals surface area contributed by atoms with Crippen LogP contribution in [0.5, 0.6) is 0 Å². The van der Waals surface area contributed by atoms with Crippen molar-refractivity contribution in [3.05, 3.63) is 162 Å². The van der Waals surface area contributed by atoms with E-state index in [1.54, 1.807) is 0 Å². The predicted molar refractivity (Wildman–Crippen MR) is 191 cm³/mol. The second kappa shape index (κ2) is 10.6. The zero-order valence-electron chi connectivity index (χ0n) is 25.4. The SMILES string of the molecule is N#Cc1cc(-c2ccccc2-n2c3c(c4ccccc42)CCC=C3)ccc1C1C=CC(n2c3ccccc3c3ccccc32)=CC1. The summed E-state index contributed by atoms with van der Waals surface area (Å²) in [6, 6.07) is 43.5. The molecule has 2 heterocycles. The fourth-order valence-corrected chi connectivity index (χ4v) is 7.71. The normalized spacial score (nSPS) is 15.7. The van der Waals surface area contributed by atoms with Crippen LogP contribution < -0.4 is 0 Å². The average Bonchev–Trinajstić information content (AvgIpc) is 3.65. The van der Waals surface area contributed by atoms with Gasteiger partial charge in [0.05, 0.1) is 33.9 Å². The van der Waals surface area contributed by atoms with Crippen LogP contribution in [-0.4, -0.2) is 9.13 Å². The van der Waals surface area contributed by atoms with Crippen LogP contribution in [0.2, 0.25) is 0 Å². The van der Waals surface area contributed by atoms with E-state index in [0.29, 0.717) is 0 Å². The van der Waals surface area contributed by atoms with Crippen LogP contribution in [0.1, 0.15) is 41.1 Å². The van der Waals surface area contributed by atoms with Gasteiger partial charge in [0.2, 0.25) is 0 Å². The fraction of sp³-hybridized carbons (Fsp3) is 0.0930. The molecule has 0 saturated heterocycles. The summed E-state index contributed by atoms with van der Waals surface area (Å²) in [7, 11) is 0. The van der Waals surface area contributed by atoms with Crippen LogP contribution in [0.4, 0.5) is 0 Å². The summed E-state index contributed by atoms with van der Waals surface area (Å²) in [5.74, 6) is 0.140. The number of para-hydroxylation sites is 4. The molecule has 2 aliphatic carbocycles. The molecule has 218 valence electrons. The zero-order chi connectivity index (χ0) is 30.6. The van der Waals surface area contributed by atoms with Gasteiger partial charge in [-0.25, -0.2) is 0 Å². The van der Waals surface area contributed by atoms with Crippen molar-refractivity contribution in [1.82, 2.24) is 9.13 Å². The van der Waals surface area contributed by atoms with Crippen molar-refractivity contribution in [2.75, 3.05) is 0 Å². The number of allylic oxidation sites excluding steroid dienone is 5. The third-order valence-corrected chi connectivity index (χ3v) is 9.80. The van der Waals surface area contributed by atoms with Crippen molar-refractivity contribution in [3.8, 4) is 22.9 Å². The Bertz CT molecular complexity index is 2420. The van der Waals surface area contributed by atoms with Crippen LogP contribution in [0, 0.1) is 11.3 Å². The van der Waals surface area contributed by atoms with Gasteiger partial charge in [-0.3, -0.25) is 0 Å². The van der Waals surface area contributed by atoms with E-state index in [9.17, 15) is 5.26 Å². The molecule has 0 radical (unpaired) electrons. The summed E-state index contributed by atoms with van der Waals surface area (Å²) >= 11 is 0. The van der Waals surface area contributed by atoms with Gasteiger partial charge in [-0.2, -0.15) is 5.26 Å². The molecule has 5 aromatic carbocycles. The maximum atomic E-state index is 10.4. The van der Waals surface area contributed by atoms with Gasteiger partial charge in [-0.15, -0.1) is 0 Å². The molecule has 0 fully saturated rings. The first-order valence-electron chi connectivity index (χ1n) is 16.1. The van der Waals surface area contributed by atoms with E-state index in [1.165, 1.54) is 49.7 Å². The van der Waals surface area contributed by atoms with Crippen LogP contribution >= 0.6 is 0 Å². The van der Waals surface area contributed by atoms with E-state index >= 15 is 0 Å². The van der Waals surface area contributed by atoms with Crippen molar-refractivity contribution < 1.29 is 0 Å². The Labute approximate surface area is 268 Å². The third kappa shape index (κ3) is 4.04. The zero-order valence-corrected chi connectivity index (χ0v) is 25.4. The molecule has 0 amide bonds. The van der Waals surface area contributed by atoms with E-state index in [4.69, 9.17) is 0 Å². The van der Waals surface area contributed by atoms with Crippen molar-refractivity contribution in [3.63, 3.8) is 0 Å². The highest BCUT2D eigenvalue weighted by atomic mass is 15.0. The summed E-state index contributed by atoms with van der Waals surface area (Å²) in [5.41, 5.74) is 12.6. The molecule has 1 unspecified atom stereocenters. The number of hydrogen-bond donors (Lipinski definition) is 0. The van der Waals surface area contributed by atoms with Gasteiger partial charge in [0, 0.05) is 39.0 Å². The molecular formula is C43H31N3. The Kier molecular flexibility index (Phi) is 6.14. The molecule has 7 aromatic rings. The molecule has 3 heteroatoms. The molecule has 0 bridgehead atoms. The summed E-state index contributed by atoms with van der Waals surface area (Å²) in [4.78, 5) is 0. The Morgan fingerprint density at radius 2 is 1.35 bits per heavy atom. The van der Waals surface area contributed by atoms with Gasteiger partial charge in [0.25, 0.3) is 0 Å². The first-order chi connectivity index (χ1) is 22.8. The molecule has 9 rings (SSSR count). The van der Waals surface area contributed by atoms with E-state index in [1.807, 2.05) is 0 Å². The van der Waals surface area contributed by atoms with Gasteiger partial charge in [-0.1, -0.05) is 103 Å². The number of rotatable bonds is 4. The summed E-state index contributed by atoms with van der Waals surface area (Å²) in [6.45, 7) is 0. The number of nitriles is 1. The van der Waals surface area contributed by atoms with Gasteiger partial charge in [0.1, 0.15) is 0 Å². The molecule has 46 heavy (non-hydrogen) atoms. The van der Waals surface area contributed by atoms with Crippen LogP contribution in [0.25, 0.3) is 61.3 Å². The van der Waals surface area contributed by atoms with E-state index < -0.39 is 0 Å². The van der Waals surface area contributed by atoms with Crippen molar-refractivity contribution in [2.24, 2.45) is 0 Å². The second-order valence-corrected chi connectivity index (χ2v) is 12.3. The highest BCUT2D eigenvalue weighted by Crippen LogP contribution is 2.40. The lowest BCUT2D eigenvalue weighted by Crippen LogP contribution is -2.05. The molecule has 2 aromatic heterocycles. The largest absolute Gasteiger partial charge is 0.310 e. The molecule has 1 atom stereocenters. The number of fused-ring (bicyclic) bond motifs is 6. The summed E-state index contributed by atoms with van der Waals surface area (Å²) in [6.07, 6.45) is 14.3. The van der Waals surface area contributed by atoms with E-state index in [2.05, 4.69) is 161 Å². The minimum Gasteiger partial charge on any atom is -0.310 e. The Morgan fingerprint density at radius 3 is 2.07 bits per heavy atom. The standard InChI is InChI=1S/C43H31N3/c44-28-31-27-30(34-11-1-6-16-39(34)46-42-19-9-4-14-37(42)38-15-5-10-20-43(38)46)23-26-33(31)29-21-24-32(25-22-29)45-40-17-7-2-12-35(40)36-13-3-8-18-41(36)45/h1-4,6-14,16-21,23-27,29H,5,15,22H2. The van der Waals surface area contributed by atoms with Gasteiger partial charge >= 0.3 is 0 Å². The first kappa shape index (κ1) is 26.5. The highest BCUT2D eigenvalue weighted by molar-refractivity contribution is 6.10. The smallest absolute Gasteiger partial charge is 0.0994 e. The van der Waals surface area contributed by atoms with Crippen LogP contribution in [-0.2, 0) is 6.42 Å². The molecule has 0 N–H and O–H groups in total. The van der Waals surface area contributed by atoms with Crippen molar-refractivity contribution >= 4 is 44.5 Å². The number of hydrogen-bond acceptors (Lipinski definition) is 1. The Balaban J connectivity index is 1.09. The third-order valence-electron chi connectivity index (χ3n) is 9.80. The number of nitrogens with zero attached hydrogens (tertiary/aromatic N) is 3. The summed E-state index contributed by atoms with van der Waals surface area (Å²) in [5, 5.41) is 14.3. The minimum absolute atomic E-state index is 0.140. The van der Waals surface area contributed by atoms with Gasteiger partial charge in [0.15, 0.2) is 0 Å². The lowest BCUT2D eigenvalue weighted by Gasteiger charge is -2.21. The van der Waals surface area contributed by atoms with Crippen molar-refractivity contribution in [2.45, 2.75) is 25.2 Å². The van der Waals surface area contributed by atoms with Crippen molar-refractivity contribution in [1.29, 1.82) is 5.26 Å². The second-order valence-electron chi connectivity index (χ2n) is 12.3. The molecule has 3 nitrogen and oxygen atoms in total. The number of aryl methyl sites for hydroxylation is 1. The fourth-order valence-electron chi connectivity index (χ4n) is 7.71. The molecule has 0 saturated carbocycles. The maximum absolute atomic E-state index is 10.4. The topological polar surface area (TPSA) is 33.6 Å². The lowest BCUT2D eigenvalue weighted by atomic mass is 9.87. The number of aromatic nitrogens is 2. The molecule has 0 aliphatic heterocycles. The maximum Gasteiger partial charge on any atom is 0.0994 e. The van der Waals surface area contributed by atoms with Crippen LogP contribution in [0.3, 0.4) is 0 Å². The molecule has 2 aliphatic rings. The first-order valence-corrected chi connectivity index (χ1v) is 16.1. The van der Waals surface area contributed by atoms with Crippen LogP contribution in [0.15, 0.2) is 140 Å². The minimum atomic E-state index is 0.140. The molecule has 0 spiro atoms. The Morgan fingerprint density at radius 1 is 0.674 bits per heavy atom. The lowest BCUT2D eigenvalue weighted by molar-refractivity contribution is 0.847. The molecular weight excluding hydrogens is 558 g/mol. The van der Waals surface area contributed by atoms with Gasteiger partial charge in [-0.05, 0) is 78.4 Å². The summed E-state index contributed by atoms with van der Waals surface area (Å²) < 4.78 is 4.77. The highest BCUT2D eigenvalue weighted by Gasteiger charge is 2.22. The van der Waals surface area contributed by atoms with E-state index in [0.717, 1.165) is 47.2 Å². The quantitative estimate of drug-likeness (QED) is 0.201. The monoisotopic (exact) mass is 589 g/mol. The number of benzene rings is 5. The Hall–Kier alpha value is -5.85.